The molecule has 0 unspecified atom stereocenters. The molecule has 1 saturated heterocycles. The molecule has 1 aliphatic heterocycles. The first-order valence-corrected chi connectivity index (χ1v) is 4.54. The molecule has 1 fully saturated rings. The number of β-amino-alcohol motifs (C(OH)–C–C–N with tert-alkyl or cyclic N) is 1. The van der Waals surface area contributed by atoms with Crippen LogP contribution in [0.1, 0.15) is 11.3 Å². The second-order valence-corrected chi connectivity index (χ2v) is 3.76. The Morgan fingerprint density at radius 3 is 2.77 bits per heavy atom. The fourth-order valence-corrected chi connectivity index (χ4v) is 1.72. The van der Waals surface area contributed by atoms with Gasteiger partial charge in [0.05, 0.1) is 11.8 Å². The first-order valence-electron chi connectivity index (χ1n) is 4.54. The largest absolute Gasteiger partial charge is 0.390 e. The Kier molecular flexibility index (Phi) is 2.09. The average molecular weight is 181 g/mol. The number of likely N-dealkylation sites (tertiary alicyclic amines) is 1. The molecule has 1 aliphatic rings. The SMILES string of the molecule is Cc1nn(C)cc1CN1CC(O)C1. The highest BCUT2D eigenvalue weighted by molar-refractivity contribution is 5.15. The minimum absolute atomic E-state index is 0.114. The average Bonchev–Trinajstić information content (AvgIpc) is 2.27. The lowest BCUT2D eigenvalue weighted by Crippen LogP contribution is -2.49. The number of aliphatic hydroxyl groups excluding tert-OH is 1. The van der Waals surface area contributed by atoms with Crippen LogP contribution in [-0.4, -0.2) is 39.0 Å². The maximum absolute atomic E-state index is 9.11. The van der Waals surface area contributed by atoms with Gasteiger partial charge in [0.1, 0.15) is 0 Å². The first-order chi connectivity index (χ1) is 6.15. The van der Waals surface area contributed by atoms with Crippen molar-refractivity contribution in [2.75, 3.05) is 13.1 Å². The molecular formula is C9H15N3O. The van der Waals surface area contributed by atoms with Gasteiger partial charge in [-0.1, -0.05) is 0 Å². The molecule has 13 heavy (non-hydrogen) atoms. The zero-order chi connectivity index (χ0) is 9.42. The summed E-state index contributed by atoms with van der Waals surface area (Å²) in [5, 5.41) is 13.4. The summed E-state index contributed by atoms with van der Waals surface area (Å²) in [6, 6.07) is 0. The molecule has 1 aromatic rings. The van der Waals surface area contributed by atoms with Crippen LogP contribution in [0.4, 0.5) is 0 Å². The van der Waals surface area contributed by atoms with Crippen LogP contribution in [0, 0.1) is 6.92 Å². The van der Waals surface area contributed by atoms with E-state index in [2.05, 4.69) is 10.00 Å². The van der Waals surface area contributed by atoms with Gasteiger partial charge in [-0.25, -0.2) is 0 Å². The van der Waals surface area contributed by atoms with Crippen LogP contribution >= 0.6 is 0 Å². The van der Waals surface area contributed by atoms with E-state index in [-0.39, 0.29) is 6.10 Å². The third-order valence-corrected chi connectivity index (χ3v) is 2.45. The Labute approximate surface area is 77.8 Å². The molecule has 2 rings (SSSR count). The van der Waals surface area contributed by atoms with E-state index < -0.39 is 0 Å². The number of aryl methyl sites for hydroxylation is 2. The molecule has 0 aromatic carbocycles. The fourth-order valence-electron chi connectivity index (χ4n) is 1.72. The van der Waals surface area contributed by atoms with Crippen LogP contribution in [0.2, 0.25) is 0 Å². The van der Waals surface area contributed by atoms with Crippen LogP contribution in [0.3, 0.4) is 0 Å². The Morgan fingerprint density at radius 1 is 1.62 bits per heavy atom. The fraction of sp³-hybridized carbons (Fsp3) is 0.667. The summed E-state index contributed by atoms with van der Waals surface area (Å²) < 4.78 is 1.83. The van der Waals surface area contributed by atoms with E-state index in [1.54, 1.807) is 0 Å². The highest BCUT2D eigenvalue weighted by Crippen LogP contribution is 2.14. The van der Waals surface area contributed by atoms with Gasteiger partial charge in [0.2, 0.25) is 0 Å². The van der Waals surface area contributed by atoms with Gasteiger partial charge < -0.3 is 5.11 Å². The van der Waals surface area contributed by atoms with E-state index in [0.717, 1.165) is 25.3 Å². The summed E-state index contributed by atoms with van der Waals surface area (Å²) in [6.45, 7) is 4.53. The molecule has 1 N–H and O–H groups in total. The van der Waals surface area contributed by atoms with Crippen molar-refractivity contribution in [3.05, 3.63) is 17.5 Å². The summed E-state index contributed by atoms with van der Waals surface area (Å²) in [6.07, 6.45) is 1.93. The standard InChI is InChI=1S/C9H15N3O/c1-7-8(3-11(2)10-7)4-12-5-9(13)6-12/h3,9,13H,4-6H2,1-2H3. The number of rotatable bonds is 2. The van der Waals surface area contributed by atoms with Crippen molar-refractivity contribution in [2.45, 2.75) is 19.6 Å². The molecule has 0 spiro atoms. The second-order valence-electron chi connectivity index (χ2n) is 3.76. The first kappa shape index (κ1) is 8.72. The number of hydrogen-bond acceptors (Lipinski definition) is 3. The van der Waals surface area contributed by atoms with E-state index in [4.69, 9.17) is 5.11 Å². The molecule has 4 heteroatoms. The predicted molar refractivity (Wildman–Crippen MR) is 49.2 cm³/mol. The normalized spacial score (nSPS) is 19.0. The van der Waals surface area contributed by atoms with Gasteiger partial charge in [-0.05, 0) is 6.92 Å². The number of aliphatic hydroxyl groups is 1. The van der Waals surface area contributed by atoms with Gasteiger partial charge in [0, 0.05) is 38.4 Å². The van der Waals surface area contributed by atoms with Crippen molar-refractivity contribution in [3.63, 3.8) is 0 Å². The van der Waals surface area contributed by atoms with E-state index in [1.807, 2.05) is 24.9 Å². The third-order valence-electron chi connectivity index (χ3n) is 2.45. The highest BCUT2D eigenvalue weighted by Gasteiger charge is 2.24. The summed E-state index contributed by atoms with van der Waals surface area (Å²) in [5.41, 5.74) is 2.35. The van der Waals surface area contributed by atoms with E-state index in [1.165, 1.54) is 5.56 Å². The molecular weight excluding hydrogens is 166 g/mol. The molecule has 0 aliphatic carbocycles. The summed E-state index contributed by atoms with van der Waals surface area (Å²) in [5.74, 6) is 0. The van der Waals surface area contributed by atoms with Crippen LogP contribution in [0.5, 0.6) is 0 Å². The van der Waals surface area contributed by atoms with Crippen molar-refractivity contribution in [1.82, 2.24) is 14.7 Å². The van der Waals surface area contributed by atoms with E-state index >= 15 is 0 Å². The van der Waals surface area contributed by atoms with Crippen molar-refractivity contribution in [1.29, 1.82) is 0 Å². The Morgan fingerprint density at radius 2 is 2.31 bits per heavy atom. The summed E-state index contributed by atoms with van der Waals surface area (Å²) in [4.78, 5) is 2.22. The van der Waals surface area contributed by atoms with Gasteiger partial charge in [-0.3, -0.25) is 9.58 Å². The van der Waals surface area contributed by atoms with Gasteiger partial charge in [0.25, 0.3) is 0 Å². The summed E-state index contributed by atoms with van der Waals surface area (Å²) >= 11 is 0. The monoisotopic (exact) mass is 181 g/mol. The molecule has 0 bridgehead atoms. The highest BCUT2D eigenvalue weighted by atomic mass is 16.3. The van der Waals surface area contributed by atoms with Crippen LogP contribution in [0.25, 0.3) is 0 Å². The van der Waals surface area contributed by atoms with E-state index in [0.29, 0.717) is 0 Å². The van der Waals surface area contributed by atoms with Gasteiger partial charge in [-0.15, -0.1) is 0 Å². The van der Waals surface area contributed by atoms with Crippen LogP contribution in [-0.2, 0) is 13.6 Å². The minimum Gasteiger partial charge on any atom is -0.390 e. The lowest BCUT2D eigenvalue weighted by Gasteiger charge is -2.35. The zero-order valence-corrected chi connectivity index (χ0v) is 8.06. The van der Waals surface area contributed by atoms with Crippen LogP contribution in [0.15, 0.2) is 6.20 Å². The minimum atomic E-state index is -0.114. The zero-order valence-electron chi connectivity index (χ0n) is 8.06. The number of hydrogen-bond donors (Lipinski definition) is 1. The molecule has 2 heterocycles. The second kappa shape index (κ2) is 3.12. The molecule has 1 aromatic heterocycles. The Hall–Kier alpha value is -0.870. The van der Waals surface area contributed by atoms with Crippen LogP contribution < -0.4 is 0 Å². The smallest absolute Gasteiger partial charge is 0.0794 e. The van der Waals surface area contributed by atoms with Crippen molar-refractivity contribution in [3.8, 4) is 0 Å². The predicted octanol–water partition coefficient (Wildman–Crippen LogP) is -0.0950. The Balaban J connectivity index is 1.98. The lowest BCUT2D eigenvalue weighted by atomic mass is 10.1. The van der Waals surface area contributed by atoms with Crippen molar-refractivity contribution < 1.29 is 5.11 Å². The number of aromatic nitrogens is 2. The number of nitrogens with zero attached hydrogens (tertiary/aromatic N) is 3. The van der Waals surface area contributed by atoms with Gasteiger partial charge in [-0.2, -0.15) is 5.10 Å². The Bertz CT molecular complexity index is 302. The van der Waals surface area contributed by atoms with Gasteiger partial charge in [0.15, 0.2) is 0 Å². The molecule has 0 radical (unpaired) electrons. The molecule has 4 nitrogen and oxygen atoms in total. The van der Waals surface area contributed by atoms with Gasteiger partial charge >= 0.3 is 0 Å². The topological polar surface area (TPSA) is 41.3 Å². The van der Waals surface area contributed by atoms with E-state index in [9.17, 15) is 0 Å². The molecule has 0 saturated carbocycles. The quantitative estimate of drug-likeness (QED) is 0.693. The van der Waals surface area contributed by atoms with Crippen molar-refractivity contribution >= 4 is 0 Å². The summed E-state index contributed by atoms with van der Waals surface area (Å²) in [7, 11) is 1.93. The molecule has 72 valence electrons. The maximum atomic E-state index is 9.11. The van der Waals surface area contributed by atoms with Crippen molar-refractivity contribution in [2.24, 2.45) is 7.05 Å². The maximum Gasteiger partial charge on any atom is 0.0794 e. The molecule has 0 atom stereocenters. The lowest BCUT2D eigenvalue weighted by molar-refractivity contribution is -0.00297. The molecule has 0 amide bonds. The third kappa shape index (κ3) is 1.73.